The van der Waals surface area contributed by atoms with Gasteiger partial charge in [-0.05, 0) is 6.42 Å². The van der Waals surface area contributed by atoms with Gasteiger partial charge in [0.05, 0.1) is 6.42 Å². The van der Waals surface area contributed by atoms with E-state index in [1.165, 1.54) is 16.8 Å². The summed E-state index contributed by atoms with van der Waals surface area (Å²) >= 11 is 0. The number of amides is 3. The van der Waals surface area contributed by atoms with Gasteiger partial charge in [-0.25, -0.2) is 4.79 Å². The van der Waals surface area contributed by atoms with E-state index in [-0.39, 0.29) is 25.5 Å². The molecule has 0 fully saturated rings. The second kappa shape index (κ2) is 8.32. The van der Waals surface area contributed by atoms with Gasteiger partial charge in [0.1, 0.15) is 6.54 Å². The molecule has 0 aliphatic heterocycles. The van der Waals surface area contributed by atoms with Crippen molar-refractivity contribution in [1.82, 2.24) is 9.80 Å². The quantitative estimate of drug-likeness (QED) is 0.645. The molecule has 0 heterocycles. The zero-order valence-corrected chi connectivity index (χ0v) is 10.9. The summed E-state index contributed by atoms with van der Waals surface area (Å²) in [4.78, 5) is 35.9. The Morgan fingerprint density at radius 2 is 1.83 bits per heavy atom. The first-order valence-corrected chi connectivity index (χ1v) is 5.88. The van der Waals surface area contributed by atoms with Crippen LogP contribution < -0.4 is 5.73 Å². The van der Waals surface area contributed by atoms with Crippen LogP contribution in [0.2, 0.25) is 0 Å². The zero-order valence-electron chi connectivity index (χ0n) is 10.9. The Balaban J connectivity index is 4.41. The lowest BCUT2D eigenvalue weighted by Crippen LogP contribution is -2.46. The van der Waals surface area contributed by atoms with E-state index in [0.717, 1.165) is 12.8 Å². The number of carbonyl (C=O) groups excluding carboxylic acids is 2. The van der Waals surface area contributed by atoms with Crippen molar-refractivity contribution in [3.63, 3.8) is 0 Å². The molecule has 0 aromatic heterocycles. The predicted molar refractivity (Wildman–Crippen MR) is 66.0 cm³/mol. The molecule has 0 aliphatic carbocycles. The second-order valence-corrected chi connectivity index (χ2v) is 4.09. The number of nitrogens with two attached hydrogens (primary N) is 1. The molecule has 18 heavy (non-hydrogen) atoms. The third-order valence-corrected chi connectivity index (χ3v) is 2.39. The molecule has 104 valence electrons. The molecule has 7 nitrogen and oxygen atoms in total. The van der Waals surface area contributed by atoms with Gasteiger partial charge in [0, 0.05) is 20.1 Å². The first-order valence-electron chi connectivity index (χ1n) is 5.88. The van der Waals surface area contributed by atoms with E-state index < -0.39 is 11.9 Å². The van der Waals surface area contributed by atoms with E-state index in [2.05, 4.69) is 0 Å². The largest absolute Gasteiger partial charge is 0.481 e. The van der Waals surface area contributed by atoms with Crippen LogP contribution in [-0.4, -0.2) is 59.5 Å². The van der Waals surface area contributed by atoms with Crippen molar-refractivity contribution >= 4 is 17.9 Å². The van der Waals surface area contributed by atoms with Gasteiger partial charge in [-0.1, -0.05) is 13.3 Å². The van der Waals surface area contributed by atoms with Crippen LogP contribution in [0.25, 0.3) is 0 Å². The lowest BCUT2D eigenvalue weighted by atomic mass is 10.3. The number of urea groups is 1. The van der Waals surface area contributed by atoms with Crippen molar-refractivity contribution in [1.29, 1.82) is 0 Å². The van der Waals surface area contributed by atoms with Gasteiger partial charge in [-0.15, -0.1) is 0 Å². The molecule has 0 saturated carbocycles. The molecule has 0 aliphatic rings. The van der Waals surface area contributed by atoms with E-state index in [4.69, 9.17) is 10.8 Å². The van der Waals surface area contributed by atoms with E-state index in [1.54, 1.807) is 0 Å². The molecule has 0 bridgehead atoms. The first kappa shape index (κ1) is 16.2. The summed E-state index contributed by atoms with van der Waals surface area (Å²) in [6.45, 7) is 2.38. The highest BCUT2D eigenvalue weighted by Crippen LogP contribution is 2.01. The number of primary amides is 1. The summed E-state index contributed by atoms with van der Waals surface area (Å²) in [5.74, 6) is -1.55. The number of rotatable bonds is 8. The van der Waals surface area contributed by atoms with Gasteiger partial charge in [0.25, 0.3) is 0 Å². The predicted octanol–water partition coefficient (Wildman–Crippen LogP) is 0.100. The Hall–Kier alpha value is -1.79. The monoisotopic (exact) mass is 259 g/mol. The molecule has 0 rings (SSSR count). The summed E-state index contributed by atoms with van der Waals surface area (Å²) in [5, 5.41) is 8.54. The molecule has 0 unspecified atom stereocenters. The topological polar surface area (TPSA) is 104 Å². The average Bonchev–Trinajstić information content (AvgIpc) is 2.29. The number of carboxylic acids is 1. The van der Waals surface area contributed by atoms with Gasteiger partial charge >= 0.3 is 12.0 Å². The van der Waals surface area contributed by atoms with Crippen LogP contribution in [0.3, 0.4) is 0 Å². The van der Waals surface area contributed by atoms with Gasteiger partial charge in [0.2, 0.25) is 5.91 Å². The average molecular weight is 259 g/mol. The van der Waals surface area contributed by atoms with Crippen LogP contribution in [0.15, 0.2) is 0 Å². The first-order chi connectivity index (χ1) is 8.38. The number of hydrogen-bond acceptors (Lipinski definition) is 3. The fourth-order valence-electron chi connectivity index (χ4n) is 1.38. The highest BCUT2D eigenvalue weighted by molar-refractivity contribution is 5.83. The van der Waals surface area contributed by atoms with Crippen LogP contribution >= 0.6 is 0 Å². The summed E-state index contributed by atoms with van der Waals surface area (Å²) in [7, 11) is 1.51. The van der Waals surface area contributed by atoms with E-state index >= 15 is 0 Å². The number of carboxylic acid groups (broad SMARTS) is 1. The van der Waals surface area contributed by atoms with Gasteiger partial charge in [0.15, 0.2) is 0 Å². The minimum absolute atomic E-state index is 0.107. The molecular formula is C11H21N3O4. The Kier molecular flexibility index (Phi) is 7.50. The maximum Gasteiger partial charge on any atom is 0.320 e. The highest BCUT2D eigenvalue weighted by atomic mass is 16.4. The van der Waals surface area contributed by atoms with Crippen LogP contribution in [0.5, 0.6) is 0 Å². The maximum absolute atomic E-state index is 11.9. The van der Waals surface area contributed by atoms with E-state index in [9.17, 15) is 14.4 Å². The number of carbonyl (C=O) groups is 3. The number of hydrogen-bond donors (Lipinski definition) is 2. The van der Waals surface area contributed by atoms with Crippen LogP contribution in [0, 0.1) is 0 Å². The molecule has 0 spiro atoms. The SMILES string of the molecule is CCCCN(CC(N)=O)C(=O)N(C)CCC(=O)O. The Morgan fingerprint density at radius 3 is 2.28 bits per heavy atom. The molecule has 0 atom stereocenters. The third kappa shape index (κ3) is 6.72. The summed E-state index contributed by atoms with van der Waals surface area (Å²) in [5.41, 5.74) is 5.08. The molecule has 0 aromatic carbocycles. The Labute approximate surface area is 107 Å². The Morgan fingerprint density at radius 1 is 1.22 bits per heavy atom. The molecule has 3 N–H and O–H groups in total. The van der Waals surface area contributed by atoms with Crippen molar-refractivity contribution in [2.45, 2.75) is 26.2 Å². The lowest BCUT2D eigenvalue weighted by molar-refractivity contribution is -0.137. The number of nitrogens with zero attached hydrogens (tertiary/aromatic N) is 2. The van der Waals surface area contributed by atoms with Gasteiger partial charge < -0.3 is 20.6 Å². The minimum Gasteiger partial charge on any atom is -0.481 e. The second-order valence-electron chi connectivity index (χ2n) is 4.09. The molecule has 3 amide bonds. The van der Waals surface area contributed by atoms with Gasteiger partial charge in [-0.2, -0.15) is 0 Å². The molecule has 0 aromatic rings. The van der Waals surface area contributed by atoms with Crippen molar-refractivity contribution < 1.29 is 19.5 Å². The standard InChI is InChI=1S/C11H21N3O4/c1-3-4-6-14(8-9(12)15)11(18)13(2)7-5-10(16)17/h3-8H2,1-2H3,(H2,12,15)(H,16,17). The normalized spacial score (nSPS) is 9.89. The molecular weight excluding hydrogens is 238 g/mol. The summed E-state index contributed by atoms with van der Waals surface area (Å²) in [6, 6.07) is -0.372. The smallest absolute Gasteiger partial charge is 0.320 e. The van der Waals surface area contributed by atoms with Crippen LogP contribution in [0.4, 0.5) is 4.79 Å². The fraction of sp³-hybridized carbons (Fsp3) is 0.727. The lowest BCUT2D eigenvalue weighted by Gasteiger charge is -2.26. The summed E-state index contributed by atoms with van der Waals surface area (Å²) in [6.07, 6.45) is 1.54. The van der Waals surface area contributed by atoms with E-state index in [0.29, 0.717) is 6.54 Å². The summed E-state index contributed by atoms with van der Waals surface area (Å²) < 4.78 is 0. The van der Waals surface area contributed by atoms with Crippen molar-refractivity contribution in [2.24, 2.45) is 5.73 Å². The minimum atomic E-state index is -0.968. The van der Waals surface area contributed by atoms with Crippen molar-refractivity contribution in [2.75, 3.05) is 26.7 Å². The van der Waals surface area contributed by atoms with Gasteiger partial charge in [-0.3, -0.25) is 9.59 Å². The van der Waals surface area contributed by atoms with Crippen molar-refractivity contribution in [3.8, 4) is 0 Å². The number of aliphatic carboxylic acids is 1. The molecule has 0 radical (unpaired) electrons. The van der Waals surface area contributed by atoms with Crippen LogP contribution in [-0.2, 0) is 9.59 Å². The third-order valence-electron chi connectivity index (χ3n) is 2.39. The highest BCUT2D eigenvalue weighted by Gasteiger charge is 2.19. The zero-order chi connectivity index (χ0) is 14.1. The van der Waals surface area contributed by atoms with E-state index in [1.807, 2.05) is 6.92 Å². The maximum atomic E-state index is 11.9. The van der Waals surface area contributed by atoms with Crippen molar-refractivity contribution in [3.05, 3.63) is 0 Å². The molecule has 0 saturated heterocycles. The Bertz CT molecular complexity index is 307. The number of unbranched alkanes of at least 4 members (excludes halogenated alkanes) is 1. The van der Waals surface area contributed by atoms with Crippen LogP contribution in [0.1, 0.15) is 26.2 Å². The molecule has 7 heteroatoms. The fourth-order valence-corrected chi connectivity index (χ4v) is 1.38.